The molecule has 1 rings (SSSR count). The molecular formula is C12H26N4O. The molecule has 0 aromatic carbocycles. The van der Waals surface area contributed by atoms with Crippen molar-refractivity contribution in [3.63, 3.8) is 0 Å². The summed E-state index contributed by atoms with van der Waals surface area (Å²) in [5, 5.41) is 2.95. The molecule has 2 unspecified atom stereocenters. The van der Waals surface area contributed by atoms with Crippen LogP contribution in [0.1, 0.15) is 20.3 Å². The Morgan fingerprint density at radius 3 is 2.82 bits per heavy atom. The molecule has 1 fully saturated rings. The van der Waals surface area contributed by atoms with E-state index in [1.165, 1.54) is 0 Å². The summed E-state index contributed by atoms with van der Waals surface area (Å²) in [4.78, 5) is 16.4. The fraction of sp³-hybridized carbons (Fsp3) is 0.917. The van der Waals surface area contributed by atoms with Crippen LogP contribution < -0.4 is 11.1 Å². The molecule has 1 heterocycles. The molecule has 0 spiro atoms. The van der Waals surface area contributed by atoms with Crippen LogP contribution in [0.4, 0.5) is 0 Å². The summed E-state index contributed by atoms with van der Waals surface area (Å²) >= 11 is 0. The number of likely N-dealkylation sites (N-methyl/N-ethyl adjacent to an activating group) is 1. The molecule has 0 aromatic heterocycles. The van der Waals surface area contributed by atoms with Crippen molar-refractivity contribution in [2.45, 2.75) is 32.4 Å². The molecule has 5 heteroatoms. The standard InChI is InChI=1S/C12H26N4O/c1-4-5-14-12(17)10(2)16-7-6-15(3)9-11(16)8-13/h10-11H,4-9,13H2,1-3H3,(H,14,17). The zero-order valence-corrected chi connectivity index (χ0v) is 11.3. The smallest absolute Gasteiger partial charge is 0.237 e. The largest absolute Gasteiger partial charge is 0.355 e. The Morgan fingerprint density at radius 1 is 1.53 bits per heavy atom. The van der Waals surface area contributed by atoms with Crippen molar-refractivity contribution in [2.75, 3.05) is 39.8 Å². The number of hydrogen-bond donors (Lipinski definition) is 2. The van der Waals surface area contributed by atoms with Crippen molar-refractivity contribution in [1.29, 1.82) is 0 Å². The van der Waals surface area contributed by atoms with E-state index in [1.54, 1.807) is 0 Å². The van der Waals surface area contributed by atoms with Crippen LogP contribution in [-0.4, -0.2) is 67.6 Å². The number of amides is 1. The van der Waals surface area contributed by atoms with Crippen molar-refractivity contribution in [2.24, 2.45) is 5.73 Å². The predicted molar refractivity (Wildman–Crippen MR) is 69.8 cm³/mol. The maximum atomic E-state index is 11.9. The highest BCUT2D eigenvalue weighted by Crippen LogP contribution is 2.11. The molecule has 3 N–H and O–H groups in total. The highest BCUT2D eigenvalue weighted by Gasteiger charge is 2.30. The first-order valence-corrected chi connectivity index (χ1v) is 6.52. The molecule has 1 saturated heterocycles. The molecule has 1 aliphatic rings. The molecule has 5 nitrogen and oxygen atoms in total. The van der Waals surface area contributed by atoms with E-state index >= 15 is 0 Å². The van der Waals surface area contributed by atoms with Gasteiger partial charge in [0.25, 0.3) is 0 Å². The van der Waals surface area contributed by atoms with Gasteiger partial charge in [0.15, 0.2) is 0 Å². The average Bonchev–Trinajstić information content (AvgIpc) is 2.34. The number of rotatable bonds is 5. The topological polar surface area (TPSA) is 61.6 Å². The molecule has 1 amide bonds. The van der Waals surface area contributed by atoms with Gasteiger partial charge < -0.3 is 16.0 Å². The van der Waals surface area contributed by atoms with Crippen LogP contribution in [0.5, 0.6) is 0 Å². The highest BCUT2D eigenvalue weighted by atomic mass is 16.2. The minimum atomic E-state index is -0.0798. The van der Waals surface area contributed by atoms with Gasteiger partial charge in [-0.15, -0.1) is 0 Å². The van der Waals surface area contributed by atoms with E-state index in [0.29, 0.717) is 6.54 Å². The SMILES string of the molecule is CCCNC(=O)C(C)N1CCN(C)CC1CN. The molecular weight excluding hydrogens is 216 g/mol. The number of piperazine rings is 1. The summed E-state index contributed by atoms with van der Waals surface area (Å²) in [6, 6.07) is 0.208. The normalized spacial score (nSPS) is 24.6. The van der Waals surface area contributed by atoms with Crippen LogP contribution >= 0.6 is 0 Å². The van der Waals surface area contributed by atoms with Crippen molar-refractivity contribution in [1.82, 2.24) is 15.1 Å². The number of hydrogen-bond acceptors (Lipinski definition) is 4. The molecule has 17 heavy (non-hydrogen) atoms. The number of nitrogens with two attached hydrogens (primary N) is 1. The molecule has 0 aliphatic carbocycles. The zero-order valence-electron chi connectivity index (χ0n) is 11.3. The third kappa shape index (κ3) is 3.94. The Hall–Kier alpha value is -0.650. The predicted octanol–water partition coefficient (Wildman–Crippen LogP) is -0.524. The maximum absolute atomic E-state index is 11.9. The van der Waals surface area contributed by atoms with E-state index in [4.69, 9.17) is 5.73 Å². The van der Waals surface area contributed by atoms with Gasteiger partial charge in [-0.2, -0.15) is 0 Å². The lowest BCUT2D eigenvalue weighted by molar-refractivity contribution is -0.127. The third-order valence-corrected chi connectivity index (χ3v) is 3.43. The summed E-state index contributed by atoms with van der Waals surface area (Å²) < 4.78 is 0. The molecule has 2 atom stereocenters. The summed E-state index contributed by atoms with van der Waals surface area (Å²) in [6.07, 6.45) is 0.974. The average molecular weight is 242 g/mol. The lowest BCUT2D eigenvalue weighted by Gasteiger charge is -2.42. The van der Waals surface area contributed by atoms with Gasteiger partial charge in [-0.1, -0.05) is 6.92 Å². The minimum Gasteiger partial charge on any atom is -0.355 e. The van der Waals surface area contributed by atoms with Crippen molar-refractivity contribution >= 4 is 5.91 Å². The van der Waals surface area contributed by atoms with E-state index in [2.05, 4.69) is 29.1 Å². The molecule has 0 radical (unpaired) electrons. The van der Waals surface area contributed by atoms with E-state index < -0.39 is 0 Å². The Morgan fingerprint density at radius 2 is 2.24 bits per heavy atom. The molecule has 0 bridgehead atoms. The van der Waals surface area contributed by atoms with Crippen LogP contribution in [0.15, 0.2) is 0 Å². The van der Waals surface area contributed by atoms with Crippen LogP contribution in [0.25, 0.3) is 0 Å². The van der Waals surface area contributed by atoms with Crippen molar-refractivity contribution in [3.05, 3.63) is 0 Å². The quantitative estimate of drug-likeness (QED) is 0.681. The van der Waals surface area contributed by atoms with Crippen LogP contribution in [0.2, 0.25) is 0 Å². The van der Waals surface area contributed by atoms with Gasteiger partial charge in [-0.3, -0.25) is 9.69 Å². The van der Waals surface area contributed by atoms with Crippen molar-refractivity contribution in [3.8, 4) is 0 Å². The Labute approximate surface area is 104 Å². The fourth-order valence-electron chi connectivity index (χ4n) is 2.29. The van der Waals surface area contributed by atoms with Crippen molar-refractivity contribution < 1.29 is 4.79 Å². The van der Waals surface area contributed by atoms with Gasteiger partial charge in [-0.05, 0) is 20.4 Å². The van der Waals surface area contributed by atoms with Crippen LogP contribution in [0, 0.1) is 0 Å². The Balaban J connectivity index is 2.54. The van der Waals surface area contributed by atoms with Gasteiger partial charge in [-0.25, -0.2) is 0 Å². The summed E-state index contributed by atoms with van der Waals surface area (Å²) in [6.45, 7) is 8.26. The summed E-state index contributed by atoms with van der Waals surface area (Å²) in [7, 11) is 2.10. The Kier molecular flexibility index (Phi) is 5.88. The van der Waals surface area contributed by atoms with Gasteiger partial charge in [0, 0.05) is 38.8 Å². The molecule has 1 aliphatic heterocycles. The van der Waals surface area contributed by atoms with E-state index in [-0.39, 0.29) is 18.0 Å². The number of carbonyl (C=O) groups excluding carboxylic acids is 1. The first kappa shape index (κ1) is 14.4. The van der Waals surface area contributed by atoms with Crippen LogP contribution in [0.3, 0.4) is 0 Å². The van der Waals surface area contributed by atoms with Gasteiger partial charge >= 0.3 is 0 Å². The second-order valence-corrected chi connectivity index (χ2v) is 4.86. The highest BCUT2D eigenvalue weighted by molar-refractivity contribution is 5.81. The third-order valence-electron chi connectivity index (χ3n) is 3.43. The number of nitrogens with one attached hydrogen (secondary N) is 1. The lowest BCUT2D eigenvalue weighted by atomic mass is 10.1. The first-order valence-electron chi connectivity index (χ1n) is 6.52. The number of carbonyl (C=O) groups is 1. The first-order chi connectivity index (χ1) is 8.10. The van der Waals surface area contributed by atoms with E-state index in [9.17, 15) is 4.79 Å². The fourth-order valence-corrected chi connectivity index (χ4v) is 2.29. The van der Waals surface area contributed by atoms with E-state index in [0.717, 1.165) is 32.6 Å². The lowest BCUT2D eigenvalue weighted by Crippen LogP contribution is -2.60. The second kappa shape index (κ2) is 6.93. The van der Waals surface area contributed by atoms with Gasteiger partial charge in [0.1, 0.15) is 0 Å². The molecule has 0 saturated carbocycles. The monoisotopic (exact) mass is 242 g/mol. The number of nitrogens with zero attached hydrogens (tertiary/aromatic N) is 2. The minimum absolute atomic E-state index is 0.0798. The van der Waals surface area contributed by atoms with Gasteiger partial charge in [0.2, 0.25) is 5.91 Å². The van der Waals surface area contributed by atoms with Gasteiger partial charge in [0.05, 0.1) is 6.04 Å². The maximum Gasteiger partial charge on any atom is 0.237 e. The molecule has 0 aromatic rings. The molecule has 100 valence electrons. The second-order valence-electron chi connectivity index (χ2n) is 4.86. The van der Waals surface area contributed by atoms with E-state index in [1.807, 2.05) is 6.92 Å². The van der Waals surface area contributed by atoms with Crippen LogP contribution in [-0.2, 0) is 4.79 Å². The summed E-state index contributed by atoms with van der Waals surface area (Å²) in [5.41, 5.74) is 5.79. The summed E-state index contributed by atoms with van der Waals surface area (Å²) in [5.74, 6) is 0.120. The Bertz CT molecular complexity index is 247. The zero-order chi connectivity index (χ0) is 12.8.